The molecule has 1 N–H and O–H groups in total. The van der Waals surface area contributed by atoms with Crippen LogP contribution in [0.25, 0.3) is 0 Å². The van der Waals surface area contributed by atoms with Gasteiger partial charge in [-0.05, 0) is 35.6 Å². The Morgan fingerprint density at radius 3 is 2.48 bits per heavy atom. The first-order valence-corrected chi connectivity index (χ1v) is 8.58. The summed E-state index contributed by atoms with van der Waals surface area (Å²) in [7, 11) is 0. The zero-order valence-electron chi connectivity index (χ0n) is 15.1. The monoisotopic (exact) mass is 390 g/mol. The second-order valence-electron chi connectivity index (χ2n) is 5.98. The van der Waals surface area contributed by atoms with Gasteiger partial charge in [0.2, 0.25) is 0 Å². The smallest absolute Gasteiger partial charge is 0.271 e. The molecule has 3 rings (SSSR count). The Balaban J connectivity index is 1.56. The maximum absolute atomic E-state index is 12.1. The third-order valence-electron chi connectivity index (χ3n) is 3.92. The first kappa shape index (κ1) is 19.6. The summed E-state index contributed by atoms with van der Waals surface area (Å²) >= 11 is 0. The van der Waals surface area contributed by atoms with Crippen molar-refractivity contribution < 1.29 is 19.6 Å². The average molecular weight is 390 g/mol. The highest BCUT2D eigenvalue weighted by Gasteiger charge is 2.07. The number of rotatable bonds is 7. The minimum atomic E-state index is -0.763. The number of amides is 1. The molecule has 1 amide bonds. The van der Waals surface area contributed by atoms with Crippen LogP contribution in [0.3, 0.4) is 0 Å². The van der Waals surface area contributed by atoms with Gasteiger partial charge in [0.05, 0.1) is 11.1 Å². The van der Waals surface area contributed by atoms with Crippen molar-refractivity contribution >= 4 is 17.8 Å². The minimum absolute atomic E-state index is 0.324. The maximum Gasteiger partial charge on any atom is 0.271 e. The largest absolute Gasteiger partial charge is 0.868 e. The number of ether oxygens (including phenoxy) is 1. The van der Waals surface area contributed by atoms with Crippen LogP contribution in [0.2, 0.25) is 0 Å². The number of carbonyl (C=O) groups excluding carboxylic acids is 1. The molecule has 0 saturated heterocycles. The van der Waals surface area contributed by atoms with Gasteiger partial charge in [-0.25, -0.2) is 5.43 Å². The first-order valence-electron chi connectivity index (χ1n) is 8.58. The normalized spacial score (nSPS) is 10.6. The van der Waals surface area contributed by atoms with Gasteiger partial charge in [0.15, 0.2) is 0 Å². The van der Waals surface area contributed by atoms with Crippen LogP contribution in [-0.2, 0) is 6.61 Å². The van der Waals surface area contributed by atoms with Crippen LogP contribution in [0.15, 0.2) is 77.9 Å². The SMILES string of the molecule is O=C(N/N=C\c1ccc([O-])c([N+](=O)[O-])c1)c1ccc(COc2ccccc2)cc1. The second kappa shape index (κ2) is 9.14. The zero-order chi connectivity index (χ0) is 20.6. The number of hydrogen-bond acceptors (Lipinski definition) is 6. The lowest BCUT2D eigenvalue weighted by Gasteiger charge is -2.07. The lowest BCUT2D eigenvalue weighted by molar-refractivity contribution is -0.398. The summed E-state index contributed by atoms with van der Waals surface area (Å²) < 4.78 is 5.65. The maximum atomic E-state index is 12.1. The number of nitro benzene ring substituents is 1. The number of hydrazone groups is 1. The Morgan fingerprint density at radius 1 is 1.07 bits per heavy atom. The Morgan fingerprint density at radius 2 is 1.79 bits per heavy atom. The molecule has 0 radical (unpaired) electrons. The molecule has 0 aliphatic rings. The van der Waals surface area contributed by atoms with Gasteiger partial charge in [-0.1, -0.05) is 42.5 Å². The van der Waals surface area contributed by atoms with E-state index in [1.807, 2.05) is 30.3 Å². The highest BCUT2D eigenvalue weighted by Crippen LogP contribution is 2.22. The van der Waals surface area contributed by atoms with Crippen LogP contribution in [-0.4, -0.2) is 17.0 Å². The van der Waals surface area contributed by atoms with Gasteiger partial charge < -0.3 is 9.84 Å². The van der Waals surface area contributed by atoms with E-state index in [1.165, 1.54) is 12.3 Å². The van der Waals surface area contributed by atoms with Gasteiger partial charge in [0, 0.05) is 17.2 Å². The molecule has 8 heteroatoms. The predicted molar refractivity (Wildman–Crippen MR) is 105 cm³/mol. The average Bonchev–Trinajstić information content (AvgIpc) is 2.74. The summed E-state index contributed by atoms with van der Waals surface area (Å²) in [5.74, 6) is -0.367. The molecule has 3 aromatic rings. The number of nitrogens with zero attached hydrogens (tertiary/aromatic N) is 2. The Bertz CT molecular complexity index is 1030. The Labute approximate surface area is 166 Å². The topological polar surface area (TPSA) is 117 Å². The molecule has 0 aliphatic heterocycles. The lowest BCUT2D eigenvalue weighted by Crippen LogP contribution is -2.17. The first-order chi connectivity index (χ1) is 14.0. The summed E-state index contributed by atoms with van der Waals surface area (Å²) in [6, 6.07) is 19.8. The molecule has 146 valence electrons. The standard InChI is InChI=1S/C21H17N3O5/c25-20-11-8-16(12-19(20)24(27)28)13-22-23-21(26)17-9-6-15(7-10-17)14-29-18-4-2-1-3-5-18/h1-13,25H,14H2,(H,23,26)/p-1/b22-13-. The number of nitro groups is 1. The quantitative estimate of drug-likeness (QED) is 0.378. The van der Waals surface area contributed by atoms with E-state index in [1.54, 1.807) is 24.3 Å². The summed E-state index contributed by atoms with van der Waals surface area (Å²) in [6.45, 7) is 0.374. The molecule has 3 aromatic carbocycles. The van der Waals surface area contributed by atoms with Crippen molar-refractivity contribution in [1.29, 1.82) is 0 Å². The van der Waals surface area contributed by atoms with Crippen LogP contribution >= 0.6 is 0 Å². The van der Waals surface area contributed by atoms with Crippen molar-refractivity contribution in [2.24, 2.45) is 5.10 Å². The van der Waals surface area contributed by atoms with Gasteiger partial charge in [0.25, 0.3) is 11.6 Å². The van der Waals surface area contributed by atoms with Crippen molar-refractivity contribution in [2.75, 3.05) is 0 Å². The van der Waals surface area contributed by atoms with Gasteiger partial charge >= 0.3 is 0 Å². The van der Waals surface area contributed by atoms with E-state index in [4.69, 9.17) is 4.74 Å². The van der Waals surface area contributed by atoms with E-state index in [9.17, 15) is 20.0 Å². The molecule has 8 nitrogen and oxygen atoms in total. The molecular formula is C21H16N3O5-. The fourth-order valence-corrected chi connectivity index (χ4v) is 2.42. The second-order valence-corrected chi connectivity index (χ2v) is 5.98. The highest BCUT2D eigenvalue weighted by atomic mass is 16.6. The number of nitrogens with one attached hydrogen (secondary N) is 1. The molecule has 0 aliphatic carbocycles. The number of benzene rings is 3. The molecule has 0 unspecified atom stereocenters. The number of hydrogen-bond donors (Lipinski definition) is 1. The molecule has 0 spiro atoms. The number of carbonyl (C=O) groups is 1. The predicted octanol–water partition coefficient (Wildman–Crippen LogP) is 3.01. The number of para-hydroxylation sites is 1. The summed E-state index contributed by atoms with van der Waals surface area (Å²) in [4.78, 5) is 22.2. The lowest BCUT2D eigenvalue weighted by atomic mass is 10.1. The third kappa shape index (κ3) is 5.39. The van der Waals surface area contributed by atoms with Crippen LogP contribution in [0.4, 0.5) is 5.69 Å². The van der Waals surface area contributed by atoms with Crippen LogP contribution in [0.1, 0.15) is 21.5 Å². The fourth-order valence-electron chi connectivity index (χ4n) is 2.42. The Hall–Kier alpha value is -4.20. The van der Waals surface area contributed by atoms with Crippen LogP contribution in [0.5, 0.6) is 11.5 Å². The van der Waals surface area contributed by atoms with Gasteiger partial charge in [-0.15, -0.1) is 0 Å². The van der Waals surface area contributed by atoms with E-state index in [2.05, 4.69) is 10.5 Å². The molecular weight excluding hydrogens is 374 g/mol. The van der Waals surface area contributed by atoms with Crippen molar-refractivity contribution in [3.05, 3.63) is 99.6 Å². The van der Waals surface area contributed by atoms with E-state index in [-0.39, 0.29) is 0 Å². The molecule has 0 fully saturated rings. The third-order valence-corrected chi connectivity index (χ3v) is 3.92. The summed E-state index contributed by atoms with van der Waals surface area (Å²) in [5.41, 5.74) is 3.41. The van der Waals surface area contributed by atoms with Crippen LogP contribution < -0.4 is 15.3 Å². The molecule has 0 bridgehead atoms. The Kier molecular flexibility index (Phi) is 6.16. The van der Waals surface area contributed by atoms with Crippen LogP contribution in [0, 0.1) is 10.1 Å². The molecule has 0 atom stereocenters. The minimum Gasteiger partial charge on any atom is -0.868 e. The molecule has 0 heterocycles. The van der Waals surface area contributed by atoms with Crippen molar-refractivity contribution in [3.8, 4) is 11.5 Å². The van der Waals surface area contributed by atoms with Crippen molar-refractivity contribution in [2.45, 2.75) is 6.61 Å². The molecule has 0 saturated carbocycles. The van der Waals surface area contributed by atoms with Gasteiger partial charge in [0.1, 0.15) is 12.4 Å². The van der Waals surface area contributed by atoms with E-state index < -0.39 is 22.3 Å². The summed E-state index contributed by atoms with van der Waals surface area (Å²) in [6.07, 6.45) is 1.23. The zero-order valence-corrected chi connectivity index (χ0v) is 15.1. The van der Waals surface area contributed by atoms with Gasteiger partial charge in [-0.2, -0.15) is 5.10 Å². The molecule has 0 aromatic heterocycles. The van der Waals surface area contributed by atoms with E-state index >= 15 is 0 Å². The fraction of sp³-hybridized carbons (Fsp3) is 0.0476. The molecule has 29 heavy (non-hydrogen) atoms. The van der Waals surface area contributed by atoms with Crippen molar-refractivity contribution in [1.82, 2.24) is 5.43 Å². The highest BCUT2D eigenvalue weighted by molar-refractivity contribution is 5.95. The van der Waals surface area contributed by atoms with Gasteiger partial charge in [-0.3, -0.25) is 14.9 Å². The van der Waals surface area contributed by atoms with E-state index in [0.29, 0.717) is 17.7 Å². The van der Waals surface area contributed by atoms with E-state index in [0.717, 1.165) is 23.4 Å². The van der Waals surface area contributed by atoms with Crippen molar-refractivity contribution in [3.63, 3.8) is 0 Å². The summed E-state index contributed by atoms with van der Waals surface area (Å²) in [5, 5.41) is 25.9.